The summed E-state index contributed by atoms with van der Waals surface area (Å²) in [6, 6.07) is 6.51. The lowest BCUT2D eigenvalue weighted by Crippen LogP contribution is -2.15. The Morgan fingerprint density at radius 3 is 2.30 bits per heavy atom. The van der Waals surface area contributed by atoms with Gasteiger partial charge in [0.25, 0.3) is 10.0 Å². The topological polar surface area (TPSA) is 101 Å². The van der Waals surface area contributed by atoms with Crippen LogP contribution < -0.4 is 10.0 Å². The number of benzene rings is 1. The van der Waals surface area contributed by atoms with Crippen LogP contribution in [0.2, 0.25) is 0 Å². The lowest BCUT2D eigenvalue weighted by atomic mass is 10.2. The molecular weight excluding hydrogens is 318 g/mol. The van der Waals surface area contributed by atoms with Gasteiger partial charge in [-0.2, -0.15) is 0 Å². The average molecular weight is 335 g/mol. The van der Waals surface area contributed by atoms with Gasteiger partial charge < -0.3 is 9.84 Å². The predicted octanol–water partition coefficient (Wildman–Crippen LogP) is 2.44. The van der Waals surface area contributed by atoms with E-state index in [4.69, 9.17) is 4.52 Å². The smallest absolute Gasteiger partial charge is 0.267 e. The van der Waals surface area contributed by atoms with Crippen LogP contribution >= 0.6 is 0 Å². The molecule has 0 bridgehead atoms. The summed E-state index contributed by atoms with van der Waals surface area (Å²) in [5, 5.41) is 6.45. The zero-order valence-corrected chi connectivity index (χ0v) is 13.6. The minimum atomic E-state index is -3.76. The molecule has 1 heterocycles. The first-order valence-electron chi connectivity index (χ1n) is 7.23. The Morgan fingerprint density at radius 1 is 1.17 bits per heavy atom. The van der Waals surface area contributed by atoms with Crippen LogP contribution in [0.5, 0.6) is 0 Å². The Hall–Kier alpha value is -2.35. The number of carbonyl (C=O) groups excluding carboxylic acids is 1. The molecule has 1 saturated carbocycles. The van der Waals surface area contributed by atoms with E-state index in [0.717, 1.165) is 12.8 Å². The maximum Gasteiger partial charge on any atom is 0.267 e. The number of hydrogen-bond acceptors (Lipinski definition) is 5. The second-order valence-electron chi connectivity index (χ2n) is 5.60. The number of carbonyl (C=O) groups is 1. The average Bonchev–Trinajstić information content (AvgIpc) is 3.26. The quantitative estimate of drug-likeness (QED) is 0.874. The van der Waals surface area contributed by atoms with Crippen molar-refractivity contribution in [1.29, 1.82) is 0 Å². The third kappa shape index (κ3) is 3.37. The summed E-state index contributed by atoms with van der Waals surface area (Å²) in [4.78, 5) is 11.7. The van der Waals surface area contributed by atoms with E-state index in [9.17, 15) is 13.2 Å². The summed E-state index contributed by atoms with van der Waals surface area (Å²) in [7, 11) is -3.76. The Morgan fingerprint density at radius 2 is 1.78 bits per heavy atom. The first-order valence-corrected chi connectivity index (χ1v) is 8.72. The highest BCUT2D eigenvalue weighted by molar-refractivity contribution is 7.92. The van der Waals surface area contributed by atoms with Gasteiger partial charge in [-0.25, -0.2) is 8.42 Å². The van der Waals surface area contributed by atoms with Crippen LogP contribution in [0, 0.1) is 19.8 Å². The molecule has 2 aromatic rings. The van der Waals surface area contributed by atoms with Crippen LogP contribution in [0.3, 0.4) is 0 Å². The molecule has 2 N–H and O–H groups in total. The van der Waals surface area contributed by atoms with E-state index in [1.807, 2.05) is 0 Å². The van der Waals surface area contributed by atoms with Crippen molar-refractivity contribution in [3.63, 3.8) is 0 Å². The molecule has 0 unspecified atom stereocenters. The Labute approximate surface area is 134 Å². The second kappa shape index (κ2) is 5.69. The number of amides is 1. The van der Waals surface area contributed by atoms with Gasteiger partial charge in [-0.05, 0) is 51.0 Å². The van der Waals surface area contributed by atoms with Crippen molar-refractivity contribution >= 4 is 27.3 Å². The highest BCUT2D eigenvalue weighted by atomic mass is 32.2. The molecular formula is C15H17N3O4S. The zero-order chi connectivity index (χ0) is 16.6. The molecule has 1 aromatic carbocycles. The molecule has 0 atom stereocenters. The Balaban J connectivity index is 1.74. The molecule has 1 amide bonds. The summed E-state index contributed by atoms with van der Waals surface area (Å²) < 4.78 is 32.1. The molecule has 1 aliphatic carbocycles. The highest BCUT2D eigenvalue weighted by Crippen LogP contribution is 2.30. The van der Waals surface area contributed by atoms with Gasteiger partial charge in [0.2, 0.25) is 5.91 Å². The molecule has 23 heavy (non-hydrogen) atoms. The van der Waals surface area contributed by atoms with Gasteiger partial charge in [-0.3, -0.25) is 9.52 Å². The second-order valence-corrected chi connectivity index (χ2v) is 7.22. The van der Waals surface area contributed by atoms with E-state index in [0.29, 0.717) is 17.1 Å². The maximum absolute atomic E-state index is 12.4. The van der Waals surface area contributed by atoms with E-state index < -0.39 is 10.0 Å². The van der Waals surface area contributed by atoms with Crippen molar-refractivity contribution in [3.05, 3.63) is 35.7 Å². The van der Waals surface area contributed by atoms with Gasteiger partial charge in [-0.1, -0.05) is 5.16 Å². The molecule has 3 rings (SSSR count). The van der Waals surface area contributed by atoms with Crippen molar-refractivity contribution in [3.8, 4) is 0 Å². The number of sulfonamides is 1. The summed E-state index contributed by atoms with van der Waals surface area (Å²) in [5.41, 5.74) is 1.35. The molecule has 0 saturated heterocycles. The summed E-state index contributed by atoms with van der Waals surface area (Å²) in [6.45, 7) is 3.12. The van der Waals surface area contributed by atoms with Crippen LogP contribution in [0.4, 0.5) is 11.4 Å². The van der Waals surface area contributed by atoms with Crippen LogP contribution in [-0.4, -0.2) is 19.5 Å². The van der Waals surface area contributed by atoms with E-state index in [1.165, 1.54) is 0 Å². The Bertz CT molecular complexity index is 817. The Kier molecular flexibility index (Phi) is 3.85. The number of aromatic nitrogens is 1. The third-order valence-electron chi connectivity index (χ3n) is 3.59. The normalized spacial score (nSPS) is 14.5. The largest absolute Gasteiger partial charge is 0.360 e. The lowest BCUT2D eigenvalue weighted by Gasteiger charge is -2.09. The van der Waals surface area contributed by atoms with Crippen LogP contribution in [-0.2, 0) is 14.8 Å². The van der Waals surface area contributed by atoms with Gasteiger partial charge in [0, 0.05) is 17.3 Å². The number of nitrogens with one attached hydrogen (secondary N) is 2. The van der Waals surface area contributed by atoms with E-state index in [2.05, 4.69) is 15.2 Å². The van der Waals surface area contributed by atoms with Crippen molar-refractivity contribution in [2.24, 2.45) is 5.92 Å². The van der Waals surface area contributed by atoms with Crippen molar-refractivity contribution in [2.45, 2.75) is 31.6 Å². The first-order chi connectivity index (χ1) is 10.9. The summed E-state index contributed by atoms with van der Waals surface area (Å²) in [5.74, 6) is 0.366. The first kappa shape index (κ1) is 15.5. The monoisotopic (exact) mass is 335 g/mol. The molecule has 7 nitrogen and oxygen atoms in total. The van der Waals surface area contributed by atoms with E-state index >= 15 is 0 Å². The lowest BCUT2D eigenvalue weighted by molar-refractivity contribution is -0.117. The third-order valence-corrected chi connectivity index (χ3v) is 5.21. The van der Waals surface area contributed by atoms with E-state index in [1.54, 1.807) is 38.1 Å². The fourth-order valence-corrected chi connectivity index (χ4v) is 3.67. The minimum Gasteiger partial charge on any atom is -0.360 e. The molecule has 0 spiro atoms. The van der Waals surface area contributed by atoms with Gasteiger partial charge in [0.1, 0.15) is 5.69 Å². The van der Waals surface area contributed by atoms with Crippen molar-refractivity contribution in [1.82, 2.24) is 5.16 Å². The van der Waals surface area contributed by atoms with Crippen LogP contribution in [0.1, 0.15) is 24.3 Å². The molecule has 0 radical (unpaired) electrons. The van der Waals surface area contributed by atoms with Crippen LogP contribution in [0.15, 0.2) is 33.7 Å². The summed E-state index contributed by atoms with van der Waals surface area (Å²) in [6.07, 6.45) is 1.86. The van der Waals surface area contributed by atoms with E-state index in [-0.39, 0.29) is 22.5 Å². The fourth-order valence-electron chi connectivity index (χ4n) is 2.28. The molecule has 8 heteroatoms. The van der Waals surface area contributed by atoms with Gasteiger partial charge in [0.05, 0.1) is 0 Å². The summed E-state index contributed by atoms with van der Waals surface area (Å²) >= 11 is 0. The number of aryl methyl sites for hydroxylation is 2. The predicted molar refractivity (Wildman–Crippen MR) is 84.6 cm³/mol. The van der Waals surface area contributed by atoms with Crippen molar-refractivity contribution < 1.29 is 17.7 Å². The molecule has 1 aromatic heterocycles. The van der Waals surface area contributed by atoms with Crippen LogP contribution in [0.25, 0.3) is 0 Å². The fraction of sp³-hybridized carbons (Fsp3) is 0.333. The highest BCUT2D eigenvalue weighted by Gasteiger charge is 2.29. The number of nitrogens with zero attached hydrogens (tertiary/aromatic N) is 1. The number of rotatable bonds is 5. The maximum atomic E-state index is 12.4. The number of anilines is 2. The van der Waals surface area contributed by atoms with Gasteiger partial charge in [-0.15, -0.1) is 0 Å². The van der Waals surface area contributed by atoms with Gasteiger partial charge in [0.15, 0.2) is 10.7 Å². The molecule has 122 valence electrons. The standard InChI is InChI=1S/C15H17N3O4S/c1-9-14(10(2)22-17-9)23(20,21)18-13-7-5-12(6-8-13)16-15(19)11-3-4-11/h5-8,11,18H,3-4H2,1-2H3,(H,16,19). The zero-order valence-electron chi connectivity index (χ0n) is 12.8. The molecule has 1 fully saturated rings. The number of hydrogen-bond donors (Lipinski definition) is 2. The van der Waals surface area contributed by atoms with Gasteiger partial charge >= 0.3 is 0 Å². The molecule has 1 aliphatic rings. The SMILES string of the molecule is Cc1noc(C)c1S(=O)(=O)Nc1ccc(NC(=O)C2CC2)cc1. The molecule has 0 aliphatic heterocycles. The van der Waals surface area contributed by atoms with Crippen molar-refractivity contribution in [2.75, 3.05) is 10.0 Å². The minimum absolute atomic E-state index is 0.00838.